The molecule has 0 saturated carbocycles. The Hall–Kier alpha value is -1.90. The Bertz CT molecular complexity index is 436. The van der Waals surface area contributed by atoms with E-state index in [2.05, 4.69) is 5.32 Å². The number of carbonyl (C=O) groups is 2. The summed E-state index contributed by atoms with van der Waals surface area (Å²) < 4.78 is 0. The maximum absolute atomic E-state index is 10.7. The van der Waals surface area contributed by atoms with Gasteiger partial charge in [-0.3, -0.25) is 9.59 Å². The minimum absolute atomic E-state index is 0.0165. The van der Waals surface area contributed by atoms with E-state index >= 15 is 0 Å². The molecule has 0 aliphatic carbocycles. The molecule has 3 nitrogen and oxygen atoms in total. The summed E-state index contributed by atoms with van der Waals surface area (Å²) in [5.74, 6) is -0.0165. The van der Waals surface area contributed by atoms with Crippen LogP contribution in [0.1, 0.15) is 34.8 Å². The van der Waals surface area contributed by atoms with Crippen molar-refractivity contribution in [2.45, 2.75) is 20.3 Å². The number of benzene rings is 1. The van der Waals surface area contributed by atoms with Crippen molar-refractivity contribution in [3.05, 3.63) is 41.0 Å². The van der Waals surface area contributed by atoms with Crippen LogP contribution in [0.15, 0.2) is 24.3 Å². The summed E-state index contributed by atoms with van der Waals surface area (Å²) in [6, 6.07) is 5.71. The van der Waals surface area contributed by atoms with Gasteiger partial charge in [0.15, 0.2) is 0 Å². The molecule has 1 N–H and O–H groups in total. The van der Waals surface area contributed by atoms with Gasteiger partial charge in [0.05, 0.1) is 0 Å². The van der Waals surface area contributed by atoms with Crippen LogP contribution in [0.5, 0.6) is 0 Å². The smallest absolute Gasteiger partial charge is 0.216 e. The highest BCUT2D eigenvalue weighted by Gasteiger charge is 1.94. The molecular formula is C14H17NO2. The number of rotatable bonds is 5. The highest BCUT2D eigenvalue weighted by Crippen LogP contribution is 2.10. The van der Waals surface area contributed by atoms with Gasteiger partial charge in [-0.2, -0.15) is 0 Å². The predicted octanol–water partition coefficient (Wildman–Crippen LogP) is 2.35. The summed E-state index contributed by atoms with van der Waals surface area (Å²) in [5, 5.41) is 2.72. The van der Waals surface area contributed by atoms with Crippen molar-refractivity contribution in [1.29, 1.82) is 0 Å². The highest BCUT2D eigenvalue weighted by molar-refractivity contribution is 5.77. The lowest BCUT2D eigenvalue weighted by atomic mass is 10.1. The Morgan fingerprint density at radius 2 is 2.00 bits per heavy atom. The molecule has 0 aliphatic heterocycles. The largest absolute Gasteiger partial charge is 0.356 e. The van der Waals surface area contributed by atoms with Gasteiger partial charge in [-0.05, 0) is 36.6 Å². The number of amides is 1. The van der Waals surface area contributed by atoms with Gasteiger partial charge in [0.2, 0.25) is 5.91 Å². The van der Waals surface area contributed by atoms with E-state index in [9.17, 15) is 9.59 Å². The molecule has 17 heavy (non-hydrogen) atoms. The van der Waals surface area contributed by atoms with Crippen molar-refractivity contribution >= 4 is 18.3 Å². The summed E-state index contributed by atoms with van der Waals surface area (Å²) in [7, 11) is 0. The Kier molecular flexibility index (Phi) is 5.14. The molecule has 0 spiro atoms. The Morgan fingerprint density at radius 3 is 2.65 bits per heavy atom. The van der Waals surface area contributed by atoms with Crippen LogP contribution < -0.4 is 5.32 Å². The zero-order chi connectivity index (χ0) is 12.7. The number of hydrogen-bond donors (Lipinski definition) is 1. The van der Waals surface area contributed by atoms with E-state index in [-0.39, 0.29) is 5.91 Å². The van der Waals surface area contributed by atoms with Gasteiger partial charge in [0.25, 0.3) is 0 Å². The fraction of sp³-hybridized carbons (Fsp3) is 0.286. The number of hydrogen-bond acceptors (Lipinski definition) is 2. The summed E-state index contributed by atoms with van der Waals surface area (Å²) in [6.07, 6.45) is 5.58. The predicted molar refractivity (Wildman–Crippen MR) is 68.9 cm³/mol. The number of aryl methyl sites for hydroxylation is 1. The first kappa shape index (κ1) is 13.2. The standard InChI is InChI=1S/C14H17NO2/c1-11-7-13(9-14(8-11)10-16)5-3-4-6-15-12(2)17/h3,5,7-10H,4,6H2,1-2H3,(H,15,17). The second-order valence-electron chi connectivity index (χ2n) is 3.97. The second-order valence-corrected chi connectivity index (χ2v) is 3.97. The molecule has 3 heteroatoms. The normalized spacial score (nSPS) is 10.5. The van der Waals surface area contributed by atoms with Crippen LogP contribution in [0.4, 0.5) is 0 Å². The van der Waals surface area contributed by atoms with Crippen molar-refractivity contribution in [1.82, 2.24) is 5.32 Å². The van der Waals surface area contributed by atoms with Gasteiger partial charge in [-0.1, -0.05) is 18.2 Å². The first-order valence-electron chi connectivity index (χ1n) is 5.59. The molecule has 0 atom stereocenters. The van der Waals surface area contributed by atoms with E-state index < -0.39 is 0 Å². The molecule has 0 aromatic heterocycles. The molecule has 90 valence electrons. The summed E-state index contributed by atoms with van der Waals surface area (Å²) in [6.45, 7) is 4.10. The van der Waals surface area contributed by atoms with Crippen LogP contribution in [0, 0.1) is 6.92 Å². The maximum Gasteiger partial charge on any atom is 0.216 e. The van der Waals surface area contributed by atoms with E-state index in [1.165, 1.54) is 6.92 Å². The van der Waals surface area contributed by atoms with Gasteiger partial charge in [-0.15, -0.1) is 0 Å². The molecule has 0 bridgehead atoms. The molecule has 0 fully saturated rings. The van der Waals surface area contributed by atoms with Crippen LogP contribution in [0.25, 0.3) is 6.08 Å². The van der Waals surface area contributed by atoms with E-state index in [1.54, 1.807) is 0 Å². The van der Waals surface area contributed by atoms with E-state index in [4.69, 9.17) is 0 Å². The van der Waals surface area contributed by atoms with Crippen LogP contribution in [0.3, 0.4) is 0 Å². The van der Waals surface area contributed by atoms with Crippen molar-refractivity contribution in [2.75, 3.05) is 6.54 Å². The number of aldehydes is 1. The topological polar surface area (TPSA) is 46.2 Å². The third-order valence-electron chi connectivity index (χ3n) is 2.25. The first-order valence-corrected chi connectivity index (χ1v) is 5.59. The average Bonchev–Trinajstić information content (AvgIpc) is 2.27. The molecule has 0 saturated heterocycles. The lowest BCUT2D eigenvalue weighted by Crippen LogP contribution is -2.20. The Morgan fingerprint density at radius 1 is 1.29 bits per heavy atom. The number of carbonyl (C=O) groups excluding carboxylic acids is 2. The second kappa shape index (κ2) is 6.63. The van der Waals surface area contributed by atoms with Gasteiger partial charge in [-0.25, -0.2) is 0 Å². The Balaban J connectivity index is 2.55. The van der Waals surface area contributed by atoms with Crippen LogP contribution >= 0.6 is 0 Å². The quantitative estimate of drug-likeness (QED) is 0.624. The minimum atomic E-state index is -0.0165. The van der Waals surface area contributed by atoms with E-state index in [1.807, 2.05) is 37.3 Å². The van der Waals surface area contributed by atoms with Crippen molar-refractivity contribution < 1.29 is 9.59 Å². The maximum atomic E-state index is 10.7. The molecule has 0 heterocycles. The van der Waals surface area contributed by atoms with Crippen molar-refractivity contribution in [2.24, 2.45) is 0 Å². The lowest BCUT2D eigenvalue weighted by molar-refractivity contribution is -0.118. The first-order chi connectivity index (χ1) is 8.11. The summed E-state index contributed by atoms with van der Waals surface area (Å²) in [4.78, 5) is 21.3. The molecule has 1 aromatic carbocycles. The van der Waals surface area contributed by atoms with Crippen LogP contribution in [-0.4, -0.2) is 18.7 Å². The highest BCUT2D eigenvalue weighted by atomic mass is 16.1. The Labute approximate surface area is 102 Å². The van der Waals surface area contributed by atoms with Crippen molar-refractivity contribution in [3.8, 4) is 0 Å². The molecule has 1 amide bonds. The van der Waals surface area contributed by atoms with Crippen molar-refractivity contribution in [3.63, 3.8) is 0 Å². The third kappa shape index (κ3) is 5.11. The van der Waals surface area contributed by atoms with Gasteiger partial charge >= 0.3 is 0 Å². The van der Waals surface area contributed by atoms with Crippen LogP contribution in [-0.2, 0) is 4.79 Å². The molecule has 1 aromatic rings. The molecule has 0 unspecified atom stereocenters. The minimum Gasteiger partial charge on any atom is -0.356 e. The van der Waals surface area contributed by atoms with E-state index in [0.29, 0.717) is 12.1 Å². The lowest BCUT2D eigenvalue weighted by Gasteiger charge is -2.00. The monoisotopic (exact) mass is 231 g/mol. The molecular weight excluding hydrogens is 214 g/mol. The SMILES string of the molecule is CC(=O)NCCC=Cc1cc(C)cc(C=O)c1. The zero-order valence-corrected chi connectivity index (χ0v) is 10.2. The fourth-order valence-corrected chi connectivity index (χ4v) is 1.56. The molecule has 0 aliphatic rings. The molecule has 0 radical (unpaired) electrons. The van der Waals surface area contributed by atoms with E-state index in [0.717, 1.165) is 23.8 Å². The van der Waals surface area contributed by atoms with Gasteiger partial charge in [0, 0.05) is 19.0 Å². The summed E-state index contributed by atoms with van der Waals surface area (Å²) >= 11 is 0. The van der Waals surface area contributed by atoms with Gasteiger partial charge in [0.1, 0.15) is 6.29 Å². The number of nitrogens with one attached hydrogen (secondary N) is 1. The summed E-state index contributed by atoms with van der Waals surface area (Å²) in [5.41, 5.74) is 2.76. The average molecular weight is 231 g/mol. The molecule has 1 rings (SSSR count). The third-order valence-corrected chi connectivity index (χ3v) is 2.25. The zero-order valence-electron chi connectivity index (χ0n) is 10.2. The van der Waals surface area contributed by atoms with Crippen LogP contribution in [0.2, 0.25) is 0 Å². The fourth-order valence-electron chi connectivity index (χ4n) is 1.56. The van der Waals surface area contributed by atoms with Gasteiger partial charge < -0.3 is 5.32 Å².